The molecule has 1 aromatic carbocycles. The minimum absolute atomic E-state index is 0.675. The van der Waals surface area contributed by atoms with Crippen molar-refractivity contribution in [3.8, 4) is 0 Å². The molecule has 0 saturated carbocycles. The van der Waals surface area contributed by atoms with Gasteiger partial charge in [0.05, 0.1) is 0 Å². The lowest BCUT2D eigenvalue weighted by atomic mass is 10.0. The van der Waals surface area contributed by atoms with E-state index in [1.807, 2.05) is 12.1 Å². The maximum Gasteiger partial charge on any atom is 0.0406 e. The summed E-state index contributed by atoms with van der Waals surface area (Å²) in [4.78, 5) is 2.57. The minimum Gasteiger partial charge on any atom is -0.310 e. The minimum atomic E-state index is 0.675. The predicted octanol–water partition coefficient (Wildman–Crippen LogP) is 3.30. The van der Waals surface area contributed by atoms with E-state index in [4.69, 9.17) is 11.6 Å². The highest BCUT2D eigenvalue weighted by molar-refractivity contribution is 6.30. The van der Waals surface area contributed by atoms with Crippen LogP contribution in [0.3, 0.4) is 0 Å². The highest BCUT2D eigenvalue weighted by Gasteiger charge is 2.17. The number of rotatable bonds is 5. The van der Waals surface area contributed by atoms with Gasteiger partial charge in [-0.15, -0.1) is 0 Å². The van der Waals surface area contributed by atoms with Gasteiger partial charge in [0.2, 0.25) is 0 Å². The van der Waals surface area contributed by atoms with Crippen LogP contribution in [0.25, 0.3) is 0 Å². The Morgan fingerprint density at radius 1 is 1.22 bits per heavy atom. The van der Waals surface area contributed by atoms with Gasteiger partial charge in [0.1, 0.15) is 0 Å². The summed E-state index contributed by atoms with van der Waals surface area (Å²) in [7, 11) is 0. The first-order valence-electron chi connectivity index (χ1n) is 6.98. The van der Waals surface area contributed by atoms with Gasteiger partial charge in [-0.1, -0.05) is 30.7 Å². The summed E-state index contributed by atoms with van der Waals surface area (Å²) in [5.41, 5.74) is 1.32. The average Bonchev–Trinajstić information content (AvgIpc) is 2.40. The lowest BCUT2D eigenvalue weighted by molar-refractivity contribution is 0.197. The van der Waals surface area contributed by atoms with Crippen molar-refractivity contribution in [1.29, 1.82) is 0 Å². The van der Waals surface area contributed by atoms with Crippen LogP contribution < -0.4 is 5.32 Å². The van der Waals surface area contributed by atoms with Crippen molar-refractivity contribution in [3.05, 3.63) is 34.9 Å². The Morgan fingerprint density at radius 2 is 1.89 bits per heavy atom. The molecule has 1 saturated heterocycles. The predicted molar refractivity (Wildman–Crippen MR) is 78.0 cm³/mol. The molecule has 0 bridgehead atoms. The Kier molecular flexibility index (Phi) is 5.48. The number of benzene rings is 1. The van der Waals surface area contributed by atoms with Crippen LogP contribution >= 0.6 is 11.6 Å². The number of hydrogen-bond donors (Lipinski definition) is 1. The zero-order chi connectivity index (χ0) is 12.8. The van der Waals surface area contributed by atoms with Crippen LogP contribution in [0.5, 0.6) is 0 Å². The van der Waals surface area contributed by atoms with Gasteiger partial charge in [0.25, 0.3) is 0 Å². The van der Waals surface area contributed by atoms with E-state index in [1.165, 1.54) is 44.5 Å². The molecule has 1 heterocycles. The topological polar surface area (TPSA) is 15.3 Å². The van der Waals surface area contributed by atoms with E-state index >= 15 is 0 Å². The first-order valence-corrected chi connectivity index (χ1v) is 7.36. The van der Waals surface area contributed by atoms with Gasteiger partial charge < -0.3 is 10.2 Å². The van der Waals surface area contributed by atoms with Gasteiger partial charge in [0, 0.05) is 17.6 Å². The second-order valence-corrected chi connectivity index (χ2v) is 5.56. The maximum absolute atomic E-state index is 5.88. The third kappa shape index (κ3) is 4.27. The highest BCUT2D eigenvalue weighted by atomic mass is 35.5. The summed E-state index contributed by atoms with van der Waals surface area (Å²) < 4.78 is 0. The molecule has 0 atom stereocenters. The van der Waals surface area contributed by atoms with Crippen LogP contribution in [-0.2, 0) is 6.54 Å². The molecule has 100 valence electrons. The number of likely N-dealkylation sites (tertiary alicyclic amines) is 1. The van der Waals surface area contributed by atoms with E-state index in [-0.39, 0.29) is 0 Å². The lowest BCUT2D eigenvalue weighted by Crippen LogP contribution is -2.42. The van der Waals surface area contributed by atoms with Crippen molar-refractivity contribution in [1.82, 2.24) is 10.2 Å². The molecule has 3 heteroatoms. The largest absolute Gasteiger partial charge is 0.310 e. The summed E-state index contributed by atoms with van der Waals surface area (Å²) in [5, 5.41) is 4.46. The Labute approximate surface area is 115 Å². The molecule has 0 unspecified atom stereocenters. The Bertz CT molecular complexity index is 342. The Hall–Kier alpha value is -0.570. The van der Waals surface area contributed by atoms with Gasteiger partial charge in [-0.25, -0.2) is 0 Å². The molecule has 1 aliphatic heterocycles. The molecule has 0 amide bonds. The van der Waals surface area contributed by atoms with E-state index in [2.05, 4.69) is 29.3 Å². The van der Waals surface area contributed by atoms with E-state index in [0.717, 1.165) is 11.6 Å². The van der Waals surface area contributed by atoms with Gasteiger partial charge in [-0.2, -0.15) is 0 Å². The van der Waals surface area contributed by atoms with Crippen molar-refractivity contribution in [2.24, 2.45) is 0 Å². The lowest BCUT2D eigenvalue weighted by Gasteiger charge is -2.32. The van der Waals surface area contributed by atoms with Crippen LogP contribution in [0.1, 0.15) is 31.7 Å². The number of piperidine rings is 1. The molecule has 0 aliphatic carbocycles. The molecule has 1 N–H and O–H groups in total. The van der Waals surface area contributed by atoms with Crippen LogP contribution in [0, 0.1) is 0 Å². The SMILES string of the molecule is CCCN1CCC(NCc2ccc(Cl)cc2)CC1. The van der Waals surface area contributed by atoms with Crippen molar-refractivity contribution in [2.75, 3.05) is 19.6 Å². The van der Waals surface area contributed by atoms with Crippen molar-refractivity contribution >= 4 is 11.6 Å². The zero-order valence-electron chi connectivity index (χ0n) is 11.2. The fourth-order valence-electron chi connectivity index (χ4n) is 2.54. The van der Waals surface area contributed by atoms with Crippen LogP contribution in [0.15, 0.2) is 24.3 Å². The Morgan fingerprint density at radius 3 is 2.50 bits per heavy atom. The normalized spacial score (nSPS) is 18.1. The van der Waals surface area contributed by atoms with E-state index < -0.39 is 0 Å². The molecule has 18 heavy (non-hydrogen) atoms. The highest BCUT2D eigenvalue weighted by Crippen LogP contribution is 2.13. The summed E-state index contributed by atoms with van der Waals surface area (Å²) >= 11 is 5.88. The van der Waals surface area contributed by atoms with Crippen LogP contribution in [0.2, 0.25) is 5.02 Å². The summed E-state index contributed by atoms with van der Waals surface area (Å²) in [6, 6.07) is 8.79. The van der Waals surface area contributed by atoms with Crippen molar-refractivity contribution < 1.29 is 0 Å². The summed E-state index contributed by atoms with van der Waals surface area (Å²) in [5.74, 6) is 0. The second kappa shape index (κ2) is 7.13. The maximum atomic E-state index is 5.88. The standard InChI is InChI=1S/C15H23ClN2/c1-2-9-18-10-7-15(8-11-18)17-12-13-3-5-14(16)6-4-13/h3-6,15,17H,2,7-12H2,1H3. The number of halogens is 1. The van der Waals surface area contributed by atoms with E-state index in [9.17, 15) is 0 Å². The zero-order valence-corrected chi connectivity index (χ0v) is 11.9. The molecule has 1 fully saturated rings. The molecular formula is C15H23ClN2. The van der Waals surface area contributed by atoms with Crippen molar-refractivity contribution in [2.45, 2.75) is 38.8 Å². The monoisotopic (exact) mass is 266 g/mol. The molecule has 1 aliphatic rings. The third-order valence-electron chi connectivity index (χ3n) is 3.64. The molecule has 0 spiro atoms. The van der Waals surface area contributed by atoms with Gasteiger partial charge in [-0.3, -0.25) is 0 Å². The summed E-state index contributed by atoms with van der Waals surface area (Å²) in [6.45, 7) is 6.95. The van der Waals surface area contributed by atoms with Crippen molar-refractivity contribution in [3.63, 3.8) is 0 Å². The molecule has 2 rings (SSSR count). The Balaban J connectivity index is 1.70. The number of nitrogens with zero attached hydrogens (tertiary/aromatic N) is 1. The van der Waals surface area contributed by atoms with E-state index in [0.29, 0.717) is 6.04 Å². The molecular weight excluding hydrogens is 244 g/mol. The molecule has 0 radical (unpaired) electrons. The number of hydrogen-bond acceptors (Lipinski definition) is 2. The third-order valence-corrected chi connectivity index (χ3v) is 3.89. The number of nitrogens with one attached hydrogen (secondary N) is 1. The fraction of sp³-hybridized carbons (Fsp3) is 0.600. The second-order valence-electron chi connectivity index (χ2n) is 5.12. The smallest absolute Gasteiger partial charge is 0.0406 e. The summed E-state index contributed by atoms with van der Waals surface area (Å²) in [6.07, 6.45) is 3.81. The molecule has 2 nitrogen and oxygen atoms in total. The van der Waals surface area contributed by atoms with Gasteiger partial charge in [0.15, 0.2) is 0 Å². The van der Waals surface area contributed by atoms with Gasteiger partial charge in [-0.05, 0) is 56.6 Å². The van der Waals surface area contributed by atoms with Crippen LogP contribution in [0.4, 0.5) is 0 Å². The van der Waals surface area contributed by atoms with Gasteiger partial charge >= 0.3 is 0 Å². The van der Waals surface area contributed by atoms with E-state index in [1.54, 1.807) is 0 Å². The first-order chi connectivity index (χ1) is 8.78. The van der Waals surface area contributed by atoms with Crippen LogP contribution in [-0.4, -0.2) is 30.6 Å². The first kappa shape index (κ1) is 13.9. The fourth-order valence-corrected chi connectivity index (χ4v) is 2.67. The molecule has 1 aromatic rings. The average molecular weight is 267 g/mol. The molecule has 0 aromatic heterocycles. The quantitative estimate of drug-likeness (QED) is 0.880.